The Kier molecular flexibility index (Phi) is 14.3. The van der Waals surface area contributed by atoms with E-state index in [1.54, 1.807) is 14.2 Å². The van der Waals surface area contributed by atoms with Gasteiger partial charge in [-0.1, -0.05) is 0 Å². The van der Waals surface area contributed by atoms with E-state index in [0.717, 1.165) is 50.8 Å². The summed E-state index contributed by atoms with van der Waals surface area (Å²) in [7, 11) is 3.54. The third-order valence-corrected chi connectivity index (χ3v) is 13.1. The van der Waals surface area contributed by atoms with Gasteiger partial charge < -0.3 is 0 Å². The van der Waals surface area contributed by atoms with Crippen LogP contribution in [0.5, 0.6) is 11.5 Å². The molecule has 4 nitrogen and oxygen atoms in total. The van der Waals surface area contributed by atoms with Crippen molar-refractivity contribution in [2.24, 2.45) is 0 Å². The normalized spacial score (nSPS) is 11.4. The van der Waals surface area contributed by atoms with E-state index >= 15 is 0 Å². The van der Waals surface area contributed by atoms with Crippen molar-refractivity contribution in [2.45, 2.75) is 66.5 Å². The molecule has 190 valence electrons. The molecule has 0 unspecified atom stereocenters. The van der Waals surface area contributed by atoms with Gasteiger partial charge in [0.25, 0.3) is 0 Å². The number of ether oxygens (including phenoxy) is 2. The van der Waals surface area contributed by atoms with Crippen LogP contribution in [0.4, 0.5) is 0 Å². The molecular weight excluding hydrogens is 554 g/mol. The molecule has 0 aliphatic rings. The topological polar surface area (TPSA) is 24.9 Å². The average Bonchev–Trinajstić information content (AvgIpc) is 2.84. The number of methoxy groups -OCH3 is 2. The van der Waals surface area contributed by atoms with Crippen LogP contribution in [0.15, 0.2) is 36.4 Å². The Balaban J connectivity index is 2.26. The molecule has 2 rings (SSSR count). The predicted octanol–water partition coefficient (Wildman–Crippen LogP) is 4.22. The van der Waals surface area contributed by atoms with Crippen LogP contribution in [0.25, 0.3) is 0 Å². The molecule has 0 heterocycles. The molecule has 0 atom stereocenters. The van der Waals surface area contributed by atoms with Crippen molar-refractivity contribution >= 4 is 35.2 Å². The minimum atomic E-state index is 0.419. The van der Waals surface area contributed by atoms with Crippen LogP contribution < -0.4 is 18.4 Å². The molecule has 0 aliphatic carbocycles. The fraction of sp³-hybridized carbons (Fsp3) is 0.571. The van der Waals surface area contributed by atoms with Gasteiger partial charge in [0.1, 0.15) is 0 Å². The van der Waals surface area contributed by atoms with E-state index in [9.17, 15) is 0 Å². The van der Waals surface area contributed by atoms with Crippen molar-refractivity contribution in [3.05, 3.63) is 47.5 Å². The summed E-state index contributed by atoms with van der Waals surface area (Å²) in [5, 5.41) is 0. The summed E-state index contributed by atoms with van der Waals surface area (Å²) in [6.45, 7) is 15.7. The third-order valence-electron chi connectivity index (χ3n) is 5.70. The maximum atomic E-state index is 5.58. The Bertz CT molecular complexity index is 766. The van der Waals surface area contributed by atoms with E-state index in [0.29, 0.717) is 26.3 Å². The van der Waals surface area contributed by atoms with Gasteiger partial charge in [0, 0.05) is 0 Å². The van der Waals surface area contributed by atoms with Crippen LogP contribution in [0.2, 0.25) is 0 Å². The van der Waals surface area contributed by atoms with Crippen LogP contribution >= 0.6 is 0 Å². The van der Waals surface area contributed by atoms with Crippen molar-refractivity contribution in [2.75, 3.05) is 40.4 Å². The molecule has 0 aromatic heterocycles. The standard InChI is InChI=1S/C28H44N2O2Se2/c1-7-15-29(16-8-2)21-23-19-25(31-5)11-13-27(23)33-34-28-14-12-26(32-6)20-24(28)22-30(17-9-3)18-10-4/h11-14,19-20H,7-10,15-18,21-22H2,1-6H3. The van der Waals surface area contributed by atoms with Gasteiger partial charge in [-0.2, -0.15) is 0 Å². The molecule has 0 spiro atoms. The second-order valence-electron chi connectivity index (χ2n) is 8.67. The number of benzene rings is 2. The Hall–Kier alpha value is -1.00. The monoisotopic (exact) mass is 600 g/mol. The number of hydrogen-bond acceptors (Lipinski definition) is 4. The molecule has 2 aromatic carbocycles. The summed E-state index contributed by atoms with van der Waals surface area (Å²) >= 11 is 0.838. The molecule has 0 aliphatic heterocycles. The molecule has 2 aromatic rings. The third kappa shape index (κ3) is 9.57. The van der Waals surface area contributed by atoms with Crippen LogP contribution in [0.1, 0.15) is 64.5 Å². The van der Waals surface area contributed by atoms with E-state index < -0.39 is 0 Å². The van der Waals surface area contributed by atoms with Crippen molar-refractivity contribution in [3.8, 4) is 11.5 Å². The van der Waals surface area contributed by atoms with E-state index in [2.05, 4.69) is 73.9 Å². The summed E-state index contributed by atoms with van der Waals surface area (Å²) in [6.07, 6.45) is 4.76. The number of rotatable bonds is 17. The predicted molar refractivity (Wildman–Crippen MR) is 148 cm³/mol. The zero-order valence-corrected chi connectivity index (χ0v) is 25.5. The molecule has 0 saturated heterocycles. The fourth-order valence-electron chi connectivity index (χ4n) is 4.15. The molecule has 0 radical (unpaired) electrons. The van der Waals surface area contributed by atoms with Gasteiger partial charge in [-0.25, -0.2) is 0 Å². The van der Waals surface area contributed by atoms with Gasteiger partial charge in [0.2, 0.25) is 0 Å². The molecule has 0 fully saturated rings. The second kappa shape index (κ2) is 16.6. The fourth-order valence-corrected chi connectivity index (χ4v) is 11.5. The Labute approximate surface area is 219 Å². The molecule has 34 heavy (non-hydrogen) atoms. The second-order valence-corrected chi connectivity index (χ2v) is 14.8. The van der Waals surface area contributed by atoms with Crippen LogP contribution in [-0.2, 0) is 13.1 Å². The van der Waals surface area contributed by atoms with Crippen LogP contribution in [0.3, 0.4) is 0 Å². The molecule has 6 heteroatoms. The summed E-state index contributed by atoms with van der Waals surface area (Å²) in [6, 6.07) is 13.4. The molecule has 0 amide bonds. The average molecular weight is 599 g/mol. The van der Waals surface area contributed by atoms with Crippen LogP contribution in [-0.4, -0.2) is 76.5 Å². The van der Waals surface area contributed by atoms with E-state index in [4.69, 9.17) is 9.47 Å². The first-order valence-electron chi connectivity index (χ1n) is 12.7. The van der Waals surface area contributed by atoms with E-state index in [1.165, 1.54) is 45.7 Å². The van der Waals surface area contributed by atoms with Crippen molar-refractivity contribution in [3.63, 3.8) is 0 Å². The van der Waals surface area contributed by atoms with Gasteiger partial charge in [-0.3, -0.25) is 0 Å². The summed E-state index contributed by atoms with van der Waals surface area (Å²) < 4.78 is 14.2. The quantitative estimate of drug-likeness (QED) is 0.255. The van der Waals surface area contributed by atoms with Gasteiger partial charge in [-0.15, -0.1) is 0 Å². The Morgan fingerprint density at radius 3 is 1.24 bits per heavy atom. The van der Waals surface area contributed by atoms with Crippen molar-refractivity contribution < 1.29 is 9.47 Å². The van der Waals surface area contributed by atoms with Crippen molar-refractivity contribution in [1.29, 1.82) is 0 Å². The zero-order chi connectivity index (χ0) is 24.8. The zero-order valence-electron chi connectivity index (χ0n) is 22.1. The number of hydrogen-bond donors (Lipinski definition) is 0. The van der Waals surface area contributed by atoms with E-state index in [1.807, 2.05) is 0 Å². The first-order chi connectivity index (χ1) is 16.6. The maximum absolute atomic E-state index is 5.58. The molecular formula is C28H44N2O2Se2. The van der Waals surface area contributed by atoms with Gasteiger partial charge >= 0.3 is 220 Å². The first-order valence-corrected chi connectivity index (χ1v) is 18.8. The van der Waals surface area contributed by atoms with Crippen molar-refractivity contribution in [1.82, 2.24) is 9.80 Å². The summed E-state index contributed by atoms with van der Waals surface area (Å²) in [5.74, 6) is 1.94. The van der Waals surface area contributed by atoms with E-state index in [-0.39, 0.29) is 0 Å². The Morgan fingerprint density at radius 2 is 0.941 bits per heavy atom. The Morgan fingerprint density at radius 1 is 0.588 bits per heavy atom. The number of nitrogens with zero attached hydrogens (tertiary/aromatic N) is 2. The van der Waals surface area contributed by atoms with Gasteiger partial charge in [-0.05, 0) is 0 Å². The molecule has 0 saturated carbocycles. The minimum absolute atomic E-state index is 0.419. The van der Waals surface area contributed by atoms with Gasteiger partial charge in [0.05, 0.1) is 0 Å². The summed E-state index contributed by atoms with van der Waals surface area (Å²) in [4.78, 5) is 5.18. The molecule has 0 N–H and O–H groups in total. The summed E-state index contributed by atoms with van der Waals surface area (Å²) in [5.41, 5.74) is 2.88. The SMILES string of the molecule is CCCN(CCC)Cc1cc(OC)ccc1[Se][Se]c1ccc(OC)cc1CN(CCC)CCC. The van der Waals surface area contributed by atoms with Gasteiger partial charge in [0.15, 0.2) is 0 Å². The molecule has 0 bridgehead atoms. The van der Waals surface area contributed by atoms with Crippen LogP contribution in [0, 0.1) is 0 Å². The first kappa shape index (κ1) is 29.2.